The zero-order chi connectivity index (χ0) is 14.5. The third-order valence-electron chi connectivity index (χ3n) is 3.85. The fourth-order valence-electron chi connectivity index (χ4n) is 2.56. The van der Waals surface area contributed by atoms with Crippen LogP contribution in [0.25, 0.3) is 0 Å². The fourth-order valence-corrected chi connectivity index (χ4v) is 3.36. The Morgan fingerprint density at radius 3 is 2.85 bits per heavy atom. The quantitative estimate of drug-likeness (QED) is 0.892. The molecule has 1 N–H and O–H groups in total. The summed E-state index contributed by atoms with van der Waals surface area (Å²) in [6.07, 6.45) is 1.44. The van der Waals surface area contributed by atoms with Crippen LogP contribution in [0.5, 0.6) is 0 Å². The first-order chi connectivity index (χ1) is 9.56. The lowest BCUT2D eigenvalue weighted by Crippen LogP contribution is -2.30. The molecule has 0 amide bonds. The van der Waals surface area contributed by atoms with Crippen LogP contribution in [-0.2, 0) is 0 Å². The SMILES string of the molecule is CN1CCCN(CCC(O)c2ccc(Br)cc2Cl)CC1. The molecule has 0 radical (unpaired) electrons. The van der Waals surface area contributed by atoms with E-state index in [-0.39, 0.29) is 0 Å². The second kappa shape index (κ2) is 7.76. The molecule has 1 unspecified atom stereocenters. The summed E-state index contributed by atoms with van der Waals surface area (Å²) in [6, 6.07) is 5.65. The molecule has 1 aliphatic heterocycles. The van der Waals surface area contributed by atoms with E-state index in [4.69, 9.17) is 11.6 Å². The summed E-state index contributed by atoms with van der Waals surface area (Å²) in [6.45, 7) is 5.39. The Labute approximate surface area is 134 Å². The number of hydrogen-bond acceptors (Lipinski definition) is 3. The first-order valence-electron chi connectivity index (χ1n) is 7.10. The molecular weight excluding hydrogens is 340 g/mol. The molecule has 1 aromatic rings. The summed E-state index contributed by atoms with van der Waals surface area (Å²) in [5.41, 5.74) is 0.821. The molecule has 1 atom stereocenters. The zero-order valence-electron chi connectivity index (χ0n) is 11.9. The smallest absolute Gasteiger partial charge is 0.0816 e. The van der Waals surface area contributed by atoms with Crippen molar-refractivity contribution in [3.05, 3.63) is 33.3 Å². The summed E-state index contributed by atoms with van der Waals surface area (Å²) in [4.78, 5) is 4.79. The average Bonchev–Trinajstić information content (AvgIpc) is 2.61. The minimum atomic E-state index is -0.489. The third kappa shape index (κ3) is 4.71. The Morgan fingerprint density at radius 1 is 1.30 bits per heavy atom. The molecule has 0 aliphatic carbocycles. The summed E-state index contributed by atoms with van der Waals surface area (Å²) in [7, 11) is 2.17. The average molecular weight is 362 g/mol. The van der Waals surface area contributed by atoms with Crippen molar-refractivity contribution in [1.82, 2.24) is 9.80 Å². The highest BCUT2D eigenvalue weighted by Crippen LogP contribution is 2.28. The molecule has 2 rings (SSSR count). The van der Waals surface area contributed by atoms with Gasteiger partial charge >= 0.3 is 0 Å². The normalized spacial score (nSPS) is 19.8. The maximum Gasteiger partial charge on any atom is 0.0816 e. The highest BCUT2D eigenvalue weighted by atomic mass is 79.9. The number of aliphatic hydroxyl groups excluding tert-OH is 1. The van der Waals surface area contributed by atoms with Gasteiger partial charge in [-0.15, -0.1) is 0 Å². The Bertz CT molecular complexity index is 444. The molecule has 0 spiro atoms. The van der Waals surface area contributed by atoms with Crippen molar-refractivity contribution in [2.75, 3.05) is 39.8 Å². The van der Waals surface area contributed by atoms with E-state index >= 15 is 0 Å². The van der Waals surface area contributed by atoms with Crippen molar-refractivity contribution in [3.63, 3.8) is 0 Å². The zero-order valence-corrected chi connectivity index (χ0v) is 14.2. The highest BCUT2D eigenvalue weighted by molar-refractivity contribution is 9.10. The van der Waals surface area contributed by atoms with Crippen LogP contribution in [0, 0.1) is 0 Å². The van der Waals surface area contributed by atoms with E-state index in [1.807, 2.05) is 18.2 Å². The van der Waals surface area contributed by atoms with Crippen LogP contribution in [0.1, 0.15) is 24.5 Å². The van der Waals surface area contributed by atoms with Crippen molar-refractivity contribution < 1.29 is 5.11 Å². The predicted octanol–water partition coefficient (Wildman–Crippen LogP) is 3.16. The van der Waals surface area contributed by atoms with E-state index in [0.717, 1.165) is 49.2 Å². The van der Waals surface area contributed by atoms with Gasteiger partial charge in [0.15, 0.2) is 0 Å². The number of aliphatic hydroxyl groups is 1. The molecule has 112 valence electrons. The molecule has 3 nitrogen and oxygen atoms in total. The summed E-state index contributed by atoms with van der Waals surface area (Å²) in [5, 5.41) is 10.9. The van der Waals surface area contributed by atoms with Crippen molar-refractivity contribution >= 4 is 27.5 Å². The standard InChI is InChI=1S/C15H22BrClN2O/c1-18-6-2-7-19(10-9-18)8-5-15(20)13-4-3-12(16)11-14(13)17/h3-4,11,15,20H,2,5-10H2,1H3. The van der Waals surface area contributed by atoms with E-state index in [1.54, 1.807) is 0 Å². The van der Waals surface area contributed by atoms with Gasteiger partial charge < -0.3 is 14.9 Å². The molecule has 0 aromatic heterocycles. The van der Waals surface area contributed by atoms with Crippen molar-refractivity contribution in [1.29, 1.82) is 0 Å². The van der Waals surface area contributed by atoms with Crippen LogP contribution in [0.4, 0.5) is 0 Å². The molecule has 1 heterocycles. The van der Waals surface area contributed by atoms with Gasteiger partial charge in [-0.1, -0.05) is 33.6 Å². The predicted molar refractivity (Wildman–Crippen MR) is 87.3 cm³/mol. The molecule has 5 heteroatoms. The first-order valence-corrected chi connectivity index (χ1v) is 8.27. The van der Waals surface area contributed by atoms with Crippen molar-refractivity contribution in [2.45, 2.75) is 18.9 Å². The molecule has 1 aromatic carbocycles. The number of likely N-dealkylation sites (N-methyl/N-ethyl adjacent to an activating group) is 1. The van der Waals surface area contributed by atoms with Crippen LogP contribution in [0.2, 0.25) is 5.02 Å². The van der Waals surface area contributed by atoms with E-state index in [2.05, 4.69) is 32.8 Å². The maximum atomic E-state index is 10.3. The first kappa shape index (κ1) is 16.2. The fraction of sp³-hybridized carbons (Fsp3) is 0.600. The highest BCUT2D eigenvalue weighted by Gasteiger charge is 2.16. The lowest BCUT2D eigenvalue weighted by Gasteiger charge is -2.22. The Kier molecular flexibility index (Phi) is 6.30. The van der Waals surface area contributed by atoms with Crippen LogP contribution >= 0.6 is 27.5 Å². The molecule has 20 heavy (non-hydrogen) atoms. The number of benzene rings is 1. The van der Waals surface area contributed by atoms with Crippen LogP contribution in [-0.4, -0.2) is 54.7 Å². The Morgan fingerprint density at radius 2 is 2.10 bits per heavy atom. The monoisotopic (exact) mass is 360 g/mol. The van der Waals surface area contributed by atoms with Crippen LogP contribution in [0.3, 0.4) is 0 Å². The van der Waals surface area contributed by atoms with Gasteiger partial charge in [0.2, 0.25) is 0 Å². The van der Waals surface area contributed by atoms with Crippen LogP contribution in [0.15, 0.2) is 22.7 Å². The van der Waals surface area contributed by atoms with Gasteiger partial charge in [0.1, 0.15) is 0 Å². The van der Waals surface area contributed by atoms with E-state index in [9.17, 15) is 5.11 Å². The molecule has 1 saturated heterocycles. The van der Waals surface area contributed by atoms with Gasteiger partial charge in [-0.05, 0) is 50.7 Å². The van der Waals surface area contributed by atoms with Gasteiger partial charge in [0, 0.05) is 29.1 Å². The number of hydrogen-bond donors (Lipinski definition) is 1. The Hall–Kier alpha value is -0.130. The summed E-state index contributed by atoms with van der Waals surface area (Å²) >= 11 is 9.56. The topological polar surface area (TPSA) is 26.7 Å². The largest absolute Gasteiger partial charge is 0.388 e. The minimum Gasteiger partial charge on any atom is -0.388 e. The van der Waals surface area contributed by atoms with Gasteiger partial charge in [-0.25, -0.2) is 0 Å². The second-order valence-electron chi connectivity index (χ2n) is 5.47. The molecule has 1 fully saturated rings. The van der Waals surface area contributed by atoms with E-state index in [0.29, 0.717) is 5.02 Å². The Balaban J connectivity index is 1.86. The van der Waals surface area contributed by atoms with Crippen LogP contribution < -0.4 is 0 Å². The summed E-state index contributed by atoms with van der Waals surface area (Å²) < 4.78 is 0.939. The van der Waals surface area contributed by atoms with E-state index in [1.165, 1.54) is 6.42 Å². The second-order valence-corrected chi connectivity index (χ2v) is 6.79. The third-order valence-corrected chi connectivity index (χ3v) is 4.67. The lowest BCUT2D eigenvalue weighted by atomic mass is 10.1. The van der Waals surface area contributed by atoms with Crippen molar-refractivity contribution in [3.8, 4) is 0 Å². The van der Waals surface area contributed by atoms with Crippen molar-refractivity contribution in [2.24, 2.45) is 0 Å². The van der Waals surface area contributed by atoms with Gasteiger partial charge in [-0.3, -0.25) is 0 Å². The molecule has 0 saturated carbocycles. The number of halogens is 2. The molecule has 1 aliphatic rings. The molecule has 0 bridgehead atoms. The number of rotatable bonds is 4. The van der Waals surface area contributed by atoms with E-state index < -0.39 is 6.10 Å². The molecular formula is C15H22BrClN2O. The van der Waals surface area contributed by atoms with Gasteiger partial charge in [0.25, 0.3) is 0 Å². The lowest BCUT2D eigenvalue weighted by molar-refractivity contribution is 0.143. The summed E-state index contributed by atoms with van der Waals surface area (Å²) in [5.74, 6) is 0. The number of nitrogens with zero attached hydrogens (tertiary/aromatic N) is 2. The van der Waals surface area contributed by atoms with Gasteiger partial charge in [-0.2, -0.15) is 0 Å². The minimum absolute atomic E-state index is 0.489. The van der Waals surface area contributed by atoms with Gasteiger partial charge in [0.05, 0.1) is 6.10 Å². The maximum absolute atomic E-state index is 10.3.